The van der Waals surface area contributed by atoms with Crippen molar-refractivity contribution in [3.63, 3.8) is 0 Å². The maximum Gasteiger partial charge on any atom is 0.241 e. The summed E-state index contributed by atoms with van der Waals surface area (Å²) in [4.78, 5) is 56.4. The quantitative estimate of drug-likeness (QED) is 0.414. The Hall–Kier alpha value is -4.30. The molecule has 0 radical (unpaired) electrons. The zero-order valence-electron chi connectivity index (χ0n) is 19.5. The van der Waals surface area contributed by atoms with Gasteiger partial charge < -0.3 is 14.2 Å². The molecule has 1 aliphatic carbocycles. The highest BCUT2D eigenvalue weighted by atomic mass is 16.5. The van der Waals surface area contributed by atoms with Gasteiger partial charge in [0.15, 0.2) is 11.5 Å². The van der Waals surface area contributed by atoms with Gasteiger partial charge in [-0.25, -0.2) is 4.90 Å². The fourth-order valence-electron chi connectivity index (χ4n) is 5.68. The number of methoxy groups -OCH3 is 2. The van der Waals surface area contributed by atoms with Crippen molar-refractivity contribution in [2.24, 2.45) is 11.8 Å². The summed E-state index contributed by atoms with van der Waals surface area (Å²) in [7, 11) is 2.93. The molecule has 2 heterocycles. The van der Waals surface area contributed by atoms with E-state index in [0.29, 0.717) is 17.1 Å². The van der Waals surface area contributed by atoms with Crippen LogP contribution in [0.5, 0.6) is 11.5 Å². The van der Waals surface area contributed by atoms with Gasteiger partial charge in [-0.15, -0.1) is 0 Å². The number of amides is 2. The molecule has 180 valence electrons. The molecule has 8 nitrogen and oxygen atoms in total. The van der Waals surface area contributed by atoms with E-state index in [4.69, 9.17) is 14.2 Å². The number of hydrogen-bond donors (Lipinski definition) is 0. The molecule has 3 aromatic rings. The van der Waals surface area contributed by atoms with E-state index in [0.717, 1.165) is 4.90 Å². The Morgan fingerprint density at radius 1 is 0.750 bits per heavy atom. The molecule has 0 unspecified atom stereocenters. The van der Waals surface area contributed by atoms with Crippen molar-refractivity contribution in [3.8, 4) is 11.5 Å². The molecule has 3 atom stereocenters. The average Bonchev–Trinajstić information content (AvgIpc) is 3.48. The number of fused-ring (bicyclic) bond motifs is 3. The van der Waals surface area contributed by atoms with E-state index < -0.39 is 46.9 Å². The van der Waals surface area contributed by atoms with Crippen LogP contribution in [-0.2, 0) is 14.3 Å². The van der Waals surface area contributed by atoms with Crippen LogP contribution in [0.15, 0.2) is 72.8 Å². The van der Waals surface area contributed by atoms with Crippen molar-refractivity contribution < 1.29 is 33.4 Å². The van der Waals surface area contributed by atoms with Crippen LogP contribution in [-0.4, -0.2) is 43.2 Å². The molecule has 0 N–H and O–H groups in total. The van der Waals surface area contributed by atoms with Gasteiger partial charge in [-0.2, -0.15) is 0 Å². The first kappa shape index (κ1) is 22.2. The summed E-state index contributed by atoms with van der Waals surface area (Å²) in [5, 5.41) is 0. The van der Waals surface area contributed by atoms with Crippen molar-refractivity contribution in [3.05, 3.63) is 89.5 Å². The monoisotopic (exact) mass is 483 g/mol. The lowest BCUT2D eigenvalue weighted by Gasteiger charge is -2.27. The number of rotatable bonds is 4. The van der Waals surface area contributed by atoms with Crippen LogP contribution >= 0.6 is 0 Å². The van der Waals surface area contributed by atoms with Crippen LogP contribution in [0.25, 0.3) is 0 Å². The molecule has 1 spiro atoms. The summed E-state index contributed by atoms with van der Waals surface area (Å²) in [5.41, 5.74) is -0.849. The number of carbonyl (C=O) groups excluding carboxylic acids is 4. The Labute approximate surface area is 206 Å². The third kappa shape index (κ3) is 2.73. The number of hydrogen-bond acceptors (Lipinski definition) is 7. The van der Waals surface area contributed by atoms with Gasteiger partial charge in [-0.05, 0) is 17.7 Å². The van der Waals surface area contributed by atoms with Crippen LogP contribution in [0.2, 0.25) is 0 Å². The minimum absolute atomic E-state index is 0.194. The second-order valence-electron chi connectivity index (χ2n) is 8.94. The summed E-state index contributed by atoms with van der Waals surface area (Å²) in [6.45, 7) is 0. The highest BCUT2D eigenvalue weighted by Gasteiger charge is 2.74. The molecule has 3 aliphatic rings. The Balaban J connectivity index is 1.52. The second-order valence-corrected chi connectivity index (χ2v) is 8.94. The lowest BCUT2D eigenvalue weighted by atomic mass is 9.77. The maximum atomic E-state index is 14.0. The van der Waals surface area contributed by atoms with E-state index in [2.05, 4.69) is 0 Å². The molecule has 36 heavy (non-hydrogen) atoms. The smallest absolute Gasteiger partial charge is 0.241 e. The van der Waals surface area contributed by atoms with Crippen molar-refractivity contribution in [2.45, 2.75) is 11.7 Å². The Morgan fingerprint density at radius 2 is 1.36 bits per heavy atom. The number of carbonyl (C=O) groups is 4. The number of anilines is 1. The van der Waals surface area contributed by atoms with Crippen molar-refractivity contribution in [1.29, 1.82) is 0 Å². The first-order valence-electron chi connectivity index (χ1n) is 11.4. The second kappa shape index (κ2) is 7.86. The van der Waals surface area contributed by atoms with Gasteiger partial charge in [0.1, 0.15) is 0 Å². The fourth-order valence-corrected chi connectivity index (χ4v) is 5.68. The standard InChI is InChI=1S/C28H21NO7/c1-34-19-13-12-16(14-20(19)35-2)29-26(32)21-22(27(29)33)28(36-23(21)15-8-4-3-5-9-15)24(30)17-10-6-7-11-18(17)25(28)31/h3-14,21-23H,1-2H3/t21-,22+,23-/m1/s1. The highest BCUT2D eigenvalue weighted by Crippen LogP contribution is 2.57. The van der Waals surface area contributed by atoms with E-state index in [1.54, 1.807) is 60.7 Å². The number of ketones is 2. The average molecular weight is 483 g/mol. The molecule has 0 saturated carbocycles. The highest BCUT2D eigenvalue weighted by molar-refractivity contribution is 6.37. The molecule has 8 heteroatoms. The van der Waals surface area contributed by atoms with E-state index in [1.807, 2.05) is 6.07 Å². The SMILES string of the molecule is COc1ccc(N2C(=O)[C@H]3[C@@H](c4ccccc4)OC4(C(=O)c5ccccc5C4=O)[C@@H]3C2=O)cc1OC. The zero-order chi connectivity index (χ0) is 25.2. The van der Waals surface area contributed by atoms with Crippen LogP contribution < -0.4 is 14.4 Å². The first-order chi connectivity index (χ1) is 17.4. The molecule has 2 fully saturated rings. The van der Waals surface area contributed by atoms with Gasteiger partial charge in [0.05, 0.1) is 37.8 Å². The minimum atomic E-state index is -2.10. The summed E-state index contributed by atoms with van der Waals surface area (Å²) >= 11 is 0. The van der Waals surface area contributed by atoms with Crippen LogP contribution in [0.4, 0.5) is 5.69 Å². The number of benzene rings is 3. The Bertz CT molecular complexity index is 1410. The van der Waals surface area contributed by atoms with Gasteiger partial charge in [0, 0.05) is 17.2 Å². The van der Waals surface area contributed by atoms with Crippen molar-refractivity contribution >= 4 is 29.1 Å². The molecular formula is C28H21NO7. The van der Waals surface area contributed by atoms with E-state index in [1.165, 1.54) is 20.3 Å². The number of nitrogens with zero attached hydrogens (tertiary/aromatic N) is 1. The van der Waals surface area contributed by atoms with Crippen molar-refractivity contribution in [2.75, 3.05) is 19.1 Å². The topological polar surface area (TPSA) is 99.2 Å². The lowest BCUT2D eigenvalue weighted by Crippen LogP contribution is -2.51. The van der Waals surface area contributed by atoms with Gasteiger partial charge in [-0.1, -0.05) is 54.6 Å². The minimum Gasteiger partial charge on any atom is -0.493 e. The first-order valence-corrected chi connectivity index (χ1v) is 11.4. The van der Waals surface area contributed by atoms with Crippen LogP contribution in [0.1, 0.15) is 32.4 Å². The van der Waals surface area contributed by atoms with Gasteiger partial charge in [0.2, 0.25) is 29.0 Å². The molecular weight excluding hydrogens is 462 g/mol. The third-order valence-electron chi connectivity index (χ3n) is 7.27. The van der Waals surface area contributed by atoms with Gasteiger partial charge >= 0.3 is 0 Å². The summed E-state index contributed by atoms with van der Waals surface area (Å²) in [6, 6.07) is 20.0. The predicted molar refractivity (Wildman–Crippen MR) is 127 cm³/mol. The fraction of sp³-hybridized carbons (Fsp3) is 0.214. The summed E-state index contributed by atoms with van der Waals surface area (Å²) in [6.07, 6.45) is -0.958. The molecule has 0 bridgehead atoms. The summed E-state index contributed by atoms with van der Waals surface area (Å²) in [5.74, 6) is -3.99. The molecule has 6 rings (SSSR count). The molecule has 0 aromatic heterocycles. The lowest BCUT2D eigenvalue weighted by molar-refractivity contribution is -0.127. The van der Waals surface area contributed by atoms with Crippen LogP contribution in [0.3, 0.4) is 0 Å². The van der Waals surface area contributed by atoms with Gasteiger partial charge in [0.25, 0.3) is 0 Å². The Morgan fingerprint density at radius 3 is 1.97 bits per heavy atom. The van der Waals surface area contributed by atoms with Gasteiger partial charge in [-0.3, -0.25) is 19.2 Å². The van der Waals surface area contributed by atoms with Crippen molar-refractivity contribution in [1.82, 2.24) is 0 Å². The summed E-state index contributed by atoms with van der Waals surface area (Å²) < 4.78 is 16.9. The normalized spacial score (nSPS) is 23.8. The Kier molecular flexibility index (Phi) is 4.84. The largest absolute Gasteiger partial charge is 0.493 e. The zero-order valence-corrected chi connectivity index (χ0v) is 19.5. The molecule has 2 aliphatic heterocycles. The van der Waals surface area contributed by atoms with Crippen LogP contribution in [0, 0.1) is 11.8 Å². The number of Topliss-reactive ketones (excluding diaryl/α,β-unsaturated/α-hetero) is 2. The predicted octanol–water partition coefficient (Wildman–Crippen LogP) is 3.40. The van der Waals surface area contributed by atoms with E-state index >= 15 is 0 Å². The number of ether oxygens (including phenoxy) is 3. The molecule has 2 amide bonds. The third-order valence-corrected chi connectivity index (χ3v) is 7.27. The molecule has 3 aromatic carbocycles. The van der Waals surface area contributed by atoms with E-state index in [9.17, 15) is 19.2 Å². The molecule has 2 saturated heterocycles. The number of imide groups is 1. The maximum absolute atomic E-state index is 14.0. The van der Waals surface area contributed by atoms with E-state index in [-0.39, 0.29) is 16.8 Å².